The van der Waals surface area contributed by atoms with Crippen LogP contribution in [0.5, 0.6) is 0 Å². The van der Waals surface area contributed by atoms with Gasteiger partial charge in [-0.3, -0.25) is 9.89 Å². The van der Waals surface area contributed by atoms with Crippen LogP contribution in [0.1, 0.15) is 60.3 Å². The number of aromatic nitrogens is 2. The van der Waals surface area contributed by atoms with Crippen molar-refractivity contribution in [2.75, 3.05) is 26.7 Å². The Balaban J connectivity index is 1.44. The van der Waals surface area contributed by atoms with Crippen molar-refractivity contribution < 1.29 is 4.79 Å². The lowest BCUT2D eigenvalue weighted by Gasteiger charge is -2.45. The van der Waals surface area contributed by atoms with Crippen LogP contribution < -0.4 is 0 Å². The van der Waals surface area contributed by atoms with Gasteiger partial charge < -0.3 is 9.80 Å². The number of nitrogens with zero attached hydrogens (tertiary/aromatic N) is 3. The Morgan fingerprint density at radius 1 is 1.22 bits per heavy atom. The van der Waals surface area contributed by atoms with Crippen molar-refractivity contribution in [2.24, 2.45) is 5.92 Å². The molecule has 3 aliphatic rings. The molecule has 1 amide bonds. The number of amides is 1. The third-order valence-electron chi connectivity index (χ3n) is 6.09. The molecule has 0 aromatic carbocycles. The molecule has 0 radical (unpaired) electrons. The topological polar surface area (TPSA) is 52.2 Å². The summed E-state index contributed by atoms with van der Waals surface area (Å²) in [7, 11) is 1.96. The minimum atomic E-state index is 0.109. The van der Waals surface area contributed by atoms with Crippen molar-refractivity contribution in [2.45, 2.75) is 57.4 Å². The maximum atomic E-state index is 12.8. The standard InChI is InChI=1S/C18H28N4O/c1-21(18(23)17-14-7-4-8-15(14)19-20-17)12-13-6-5-11-22-10-3-2-9-16(13)22/h13,16H,2-12H2,1H3,(H,19,20)/t13-,16-/m0/s1. The Morgan fingerprint density at radius 3 is 3.00 bits per heavy atom. The summed E-state index contributed by atoms with van der Waals surface area (Å²) in [4.78, 5) is 17.4. The Kier molecular flexibility index (Phi) is 4.14. The van der Waals surface area contributed by atoms with Crippen molar-refractivity contribution in [3.05, 3.63) is 17.0 Å². The van der Waals surface area contributed by atoms with Crippen LogP contribution >= 0.6 is 0 Å². The average molecular weight is 316 g/mol. The number of nitrogens with one attached hydrogen (secondary N) is 1. The van der Waals surface area contributed by atoms with E-state index < -0.39 is 0 Å². The molecule has 126 valence electrons. The molecule has 2 fully saturated rings. The number of carbonyl (C=O) groups is 1. The second-order valence-corrected chi connectivity index (χ2v) is 7.57. The SMILES string of the molecule is CN(C[C@@H]1CCCN2CCCC[C@@H]12)C(=O)c1n[nH]c2c1CCC2. The second-order valence-electron chi connectivity index (χ2n) is 7.57. The first-order valence-corrected chi connectivity index (χ1v) is 9.29. The zero-order valence-corrected chi connectivity index (χ0v) is 14.2. The zero-order valence-electron chi connectivity index (χ0n) is 14.2. The number of hydrogen-bond acceptors (Lipinski definition) is 3. The molecule has 23 heavy (non-hydrogen) atoms. The van der Waals surface area contributed by atoms with E-state index in [2.05, 4.69) is 15.1 Å². The molecule has 2 aliphatic heterocycles. The van der Waals surface area contributed by atoms with Gasteiger partial charge in [-0.1, -0.05) is 6.42 Å². The number of rotatable bonds is 3. The Labute approximate surface area is 138 Å². The lowest BCUT2D eigenvalue weighted by molar-refractivity contribution is 0.0400. The van der Waals surface area contributed by atoms with Crippen molar-refractivity contribution in [3.63, 3.8) is 0 Å². The Hall–Kier alpha value is -1.36. The highest BCUT2D eigenvalue weighted by Crippen LogP contribution is 2.31. The van der Waals surface area contributed by atoms with E-state index >= 15 is 0 Å². The molecule has 2 atom stereocenters. The summed E-state index contributed by atoms with van der Waals surface area (Å²) in [6, 6.07) is 0.692. The van der Waals surface area contributed by atoms with Gasteiger partial charge in [0.1, 0.15) is 0 Å². The van der Waals surface area contributed by atoms with Gasteiger partial charge in [0.15, 0.2) is 5.69 Å². The highest BCUT2D eigenvalue weighted by atomic mass is 16.2. The molecule has 4 rings (SSSR count). The first-order chi connectivity index (χ1) is 11.2. The van der Waals surface area contributed by atoms with Crippen molar-refractivity contribution >= 4 is 5.91 Å². The summed E-state index contributed by atoms with van der Waals surface area (Å²) < 4.78 is 0. The van der Waals surface area contributed by atoms with Crippen LogP contribution in [0.25, 0.3) is 0 Å². The molecule has 2 saturated heterocycles. The number of piperidine rings is 2. The fourth-order valence-corrected chi connectivity index (χ4v) is 4.90. The van der Waals surface area contributed by atoms with Crippen molar-refractivity contribution in [1.29, 1.82) is 0 Å². The van der Waals surface area contributed by atoms with Gasteiger partial charge in [0.25, 0.3) is 5.91 Å². The molecule has 1 aromatic rings. The maximum absolute atomic E-state index is 12.8. The quantitative estimate of drug-likeness (QED) is 0.930. The predicted molar refractivity (Wildman–Crippen MR) is 89.5 cm³/mol. The fourth-order valence-electron chi connectivity index (χ4n) is 4.90. The zero-order chi connectivity index (χ0) is 15.8. The van der Waals surface area contributed by atoms with E-state index in [4.69, 9.17) is 0 Å². The molecule has 1 N–H and O–H groups in total. The number of carbonyl (C=O) groups excluding carboxylic acids is 1. The highest BCUT2D eigenvalue weighted by Gasteiger charge is 2.35. The molecule has 3 heterocycles. The predicted octanol–water partition coefficient (Wildman–Crippen LogP) is 2.23. The van der Waals surface area contributed by atoms with Gasteiger partial charge in [0.05, 0.1) is 0 Å². The normalized spacial score (nSPS) is 27.5. The number of aromatic amines is 1. The molecule has 5 heteroatoms. The van der Waals surface area contributed by atoms with Crippen molar-refractivity contribution in [1.82, 2.24) is 20.0 Å². The summed E-state index contributed by atoms with van der Waals surface area (Å²) in [5.74, 6) is 0.738. The first kappa shape index (κ1) is 15.2. The number of aryl methyl sites for hydroxylation is 1. The molecule has 0 spiro atoms. The molecular formula is C18H28N4O. The minimum absolute atomic E-state index is 0.109. The number of hydrogen-bond donors (Lipinski definition) is 1. The van der Waals surface area contributed by atoms with E-state index in [9.17, 15) is 4.79 Å². The lowest BCUT2D eigenvalue weighted by atomic mass is 9.83. The minimum Gasteiger partial charge on any atom is -0.340 e. The Morgan fingerprint density at radius 2 is 2.09 bits per heavy atom. The van der Waals surface area contributed by atoms with E-state index in [1.807, 2.05) is 11.9 Å². The second kappa shape index (κ2) is 6.27. The van der Waals surface area contributed by atoms with Gasteiger partial charge in [-0.25, -0.2) is 0 Å². The molecule has 5 nitrogen and oxygen atoms in total. The van der Waals surface area contributed by atoms with Gasteiger partial charge >= 0.3 is 0 Å². The summed E-state index contributed by atoms with van der Waals surface area (Å²) in [5, 5.41) is 7.37. The smallest absolute Gasteiger partial charge is 0.274 e. The van der Waals surface area contributed by atoms with Crippen molar-refractivity contribution in [3.8, 4) is 0 Å². The maximum Gasteiger partial charge on any atom is 0.274 e. The van der Waals surface area contributed by atoms with E-state index in [1.165, 1.54) is 56.5 Å². The van der Waals surface area contributed by atoms with E-state index in [0.717, 1.165) is 25.8 Å². The summed E-state index contributed by atoms with van der Waals surface area (Å²) in [5.41, 5.74) is 3.03. The van der Waals surface area contributed by atoms with E-state index in [1.54, 1.807) is 0 Å². The van der Waals surface area contributed by atoms with Crippen LogP contribution in [0.15, 0.2) is 0 Å². The number of fused-ring (bicyclic) bond motifs is 2. The molecule has 1 aromatic heterocycles. The van der Waals surface area contributed by atoms with Gasteiger partial charge in [-0.05, 0) is 64.0 Å². The first-order valence-electron chi connectivity index (χ1n) is 9.29. The molecular weight excluding hydrogens is 288 g/mol. The van der Waals surface area contributed by atoms with Crippen LogP contribution in [-0.4, -0.2) is 58.6 Å². The Bertz CT molecular complexity index is 580. The van der Waals surface area contributed by atoms with E-state index in [-0.39, 0.29) is 5.91 Å². The number of H-pyrrole nitrogens is 1. The van der Waals surface area contributed by atoms with Gasteiger partial charge in [0.2, 0.25) is 0 Å². The van der Waals surface area contributed by atoms with E-state index in [0.29, 0.717) is 17.7 Å². The monoisotopic (exact) mass is 316 g/mol. The van der Waals surface area contributed by atoms with Crippen LogP contribution in [-0.2, 0) is 12.8 Å². The molecule has 1 aliphatic carbocycles. The van der Waals surface area contributed by atoms with Gasteiger partial charge in [-0.2, -0.15) is 5.10 Å². The summed E-state index contributed by atoms with van der Waals surface area (Å²) in [6.45, 7) is 3.39. The highest BCUT2D eigenvalue weighted by molar-refractivity contribution is 5.94. The summed E-state index contributed by atoms with van der Waals surface area (Å²) in [6.07, 6.45) is 9.73. The van der Waals surface area contributed by atoms with Crippen LogP contribution in [0, 0.1) is 5.92 Å². The van der Waals surface area contributed by atoms with Gasteiger partial charge in [-0.15, -0.1) is 0 Å². The fraction of sp³-hybridized carbons (Fsp3) is 0.778. The molecule has 0 bridgehead atoms. The largest absolute Gasteiger partial charge is 0.340 e. The van der Waals surface area contributed by atoms with Crippen LogP contribution in [0.2, 0.25) is 0 Å². The average Bonchev–Trinajstić information content (AvgIpc) is 3.18. The third-order valence-corrected chi connectivity index (χ3v) is 6.09. The molecule has 0 unspecified atom stereocenters. The third kappa shape index (κ3) is 2.80. The van der Waals surface area contributed by atoms with Crippen LogP contribution in [0.3, 0.4) is 0 Å². The summed E-state index contributed by atoms with van der Waals surface area (Å²) >= 11 is 0. The molecule has 0 saturated carbocycles. The lowest BCUT2D eigenvalue weighted by Crippen LogP contribution is -2.51. The van der Waals surface area contributed by atoms with Gasteiger partial charge in [0, 0.05) is 30.9 Å². The van der Waals surface area contributed by atoms with Crippen LogP contribution in [0.4, 0.5) is 0 Å².